The molecule has 1 saturated carbocycles. The van der Waals surface area contributed by atoms with E-state index in [9.17, 15) is 14.0 Å². The van der Waals surface area contributed by atoms with Crippen LogP contribution in [0.1, 0.15) is 42.5 Å². The molecule has 1 amide bonds. The van der Waals surface area contributed by atoms with Crippen LogP contribution in [0.25, 0.3) is 0 Å². The van der Waals surface area contributed by atoms with Crippen molar-refractivity contribution in [2.45, 2.75) is 37.6 Å². The third kappa shape index (κ3) is 3.28. The Labute approximate surface area is 120 Å². The highest BCUT2D eigenvalue weighted by Gasteiger charge is 2.38. The number of rotatable bonds is 4. The lowest BCUT2D eigenvalue weighted by Crippen LogP contribution is -2.48. The summed E-state index contributed by atoms with van der Waals surface area (Å²) in [4.78, 5) is 23.1. The molecule has 1 aromatic rings. The maximum atomic E-state index is 13.6. The van der Waals surface area contributed by atoms with E-state index in [0.29, 0.717) is 12.8 Å². The van der Waals surface area contributed by atoms with Gasteiger partial charge in [-0.15, -0.1) is 0 Å². The Morgan fingerprint density at radius 2 is 2.00 bits per heavy atom. The van der Waals surface area contributed by atoms with Gasteiger partial charge in [-0.2, -0.15) is 0 Å². The summed E-state index contributed by atoms with van der Waals surface area (Å²) in [5, 5.41) is 11.9. The van der Waals surface area contributed by atoms with Crippen molar-refractivity contribution >= 4 is 23.5 Å². The first-order valence-corrected chi connectivity index (χ1v) is 6.79. The highest BCUT2D eigenvalue weighted by atomic mass is 35.5. The van der Waals surface area contributed by atoms with E-state index in [4.69, 9.17) is 16.7 Å². The Balaban J connectivity index is 2.20. The van der Waals surface area contributed by atoms with Crippen LogP contribution in [-0.2, 0) is 4.79 Å². The van der Waals surface area contributed by atoms with Gasteiger partial charge in [0.05, 0.1) is 17.5 Å². The van der Waals surface area contributed by atoms with Crippen molar-refractivity contribution in [2.24, 2.45) is 0 Å². The highest BCUT2D eigenvalue weighted by Crippen LogP contribution is 2.33. The molecule has 1 fully saturated rings. The first-order chi connectivity index (χ1) is 9.42. The molecule has 0 bridgehead atoms. The molecule has 0 aromatic heterocycles. The number of carboxylic acid groups (broad SMARTS) is 1. The molecule has 0 aliphatic heterocycles. The lowest BCUT2D eigenvalue weighted by Gasteiger charge is -2.28. The van der Waals surface area contributed by atoms with E-state index in [2.05, 4.69) is 5.32 Å². The smallest absolute Gasteiger partial charge is 0.305 e. The van der Waals surface area contributed by atoms with Gasteiger partial charge >= 0.3 is 5.97 Å². The van der Waals surface area contributed by atoms with Crippen LogP contribution in [0, 0.1) is 5.82 Å². The molecule has 0 spiro atoms. The summed E-state index contributed by atoms with van der Waals surface area (Å²) in [6.07, 6.45) is 2.73. The highest BCUT2D eigenvalue weighted by molar-refractivity contribution is 6.31. The van der Waals surface area contributed by atoms with Gasteiger partial charge < -0.3 is 10.4 Å². The maximum Gasteiger partial charge on any atom is 0.305 e. The van der Waals surface area contributed by atoms with Gasteiger partial charge in [0, 0.05) is 5.02 Å². The fourth-order valence-corrected chi connectivity index (χ4v) is 2.84. The number of carbonyl (C=O) groups excluding carboxylic acids is 1. The Bertz CT molecular complexity index is 541. The number of halogens is 2. The van der Waals surface area contributed by atoms with Crippen LogP contribution in [-0.4, -0.2) is 22.5 Å². The number of carboxylic acids is 1. The summed E-state index contributed by atoms with van der Waals surface area (Å²) in [6.45, 7) is 0. The zero-order valence-corrected chi connectivity index (χ0v) is 11.5. The summed E-state index contributed by atoms with van der Waals surface area (Å²) in [5.74, 6) is -2.26. The predicted molar refractivity (Wildman–Crippen MR) is 72.3 cm³/mol. The third-order valence-electron chi connectivity index (χ3n) is 3.60. The van der Waals surface area contributed by atoms with E-state index in [1.807, 2.05) is 0 Å². The Morgan fingerprint density at radius 1 is 1.35 bits per heavy atom. The molecule has 108 valence electrons. The third-order valence-corrected chi connectivity index (χ3v) is 3.84. The van der Waals surface area contributed by atoms with Gasteiger partial charge in [-0.05, 0) is 31.0 Å². The van der Waals surface area contributed by atoms with Crippen LogP contribution in [0.5, 0.6) is 0 Å². The van der Waals surface area contributed by atoms with Crippen molar-refractivity contribution in [3.63, 3.8) is 0 Å². The molecule has 0 unspecified atom stereocenters. The molecule has 1 aliphatic rings. The van der Waals surface area contributed by atoms with Gasteiger partial charge in [-0.3, -0.25) is 9.59 Å². The van der Waals surface area contributed by atoms with E-state index < -0.39 is 23.2 Å². The fourth-order valence-electron chi connectivity index (χ4n) is 2.67. The summed E-state index contributed by atoms with van der Waals surface area (Å²) in [6, 6.07) is 3.72. The van der Waals surface area contributed by atoms with E-state index in [1.54, 1.807) is 0 Å². The molecule has 1 aromatic carbocycles. The summed E-state index contributed by atoms with van der Waals surface area (Å²) in [5.41, 5.74) is -0.938. The van der Waals surface area contributed by atoms with Crippen LogP contribution >= 0.6 is 11.6 Å². The molecule has 0 heterocycles. The number of hydrogen-bond donors (Lipinski definition) is 2. The largest absolute Gasteiger partial charge is 0.481 e. The lowest BCUT2D eigenvalue weighted by molar-refractivity contribution is -0.138. The van der Waals surface area contributed by atoms with Crippen molar-refractivity contribution in [1.82, 2.24) is 5.32 Å². The normalized spacial score (nSPS) is 16.9. The van der Waals surface area contributed by atoms with Gasteiger partial charge in [0.1, 0.15) is 5.82 Å². The minimum atomic E-state index is -0.973. The minimum Gasteiger partial charge on any atom is -0.481 e. The standard InChI is InChI=1S/C14H15ClFNO3/c15-9-3-4-11(16)10(7-9)13(20)17-14(8-12(18)19)5-1-2-6-14/h3-4,7H,1-2,5-6,8H2,(H,17,20)(H,18,19). The average Bonchev–Trinajstić information content (AvgIpc) is 2.79. The van der Waals surface area contributed by atoms with Crippen molar-refractivity contribution in [1.29, 1.82) is 0 Å². The molecule has 1 aliphatic carbocycles. The molecule has 0 atom stereocenters. The Kier molecular flexibility index (Phi) is 4.28. The second-order valence-corrected chi connectivity index (χ2v) is 5.57. The molecule has 6 heteroatoms. The Hall–Kier alpha value is -1.62. The van der Waals surface area contributed by atoms with Crippen molar-refractivity contribution < 1.29 is 19.1 Å². The summed E-state index contributed by atoms with van der Waals surface area (Å²) >= 11 is 5.76. The van der Waals surface area contributed by atoms with Crippen LogP contribution in [0.4, 0.5) is 4.39 Å². The van der Waals surface area contributed by atoms with Crippen LogP contribution < -0.4 is 5.32 Å². The Morgan fingerprint density at radius 3 is 2.60 bits per heavy atom. The minimum absolute atomic E-state index is 0.152. The monoisotopic (exact) mass is 299 g/mol. The molecule has 4 nitrogen and oxygen atoms in total. The summed E-state index contributed by atoms with van der Waals surface area (Å²) < 4.78 is 13.6. The molecule has 0 radical (unpaired) electrons. The number of amides is 1. The van der Waals surface area contributed by atoms with Gasteiger partial charge in [-0.1, -0.05) is 24.4 Å². The van der Waals surface area contributed by atoms with Crippen LogP contribution in [0.15, 0.2) is 18.2 Å². The van der Waals surface area contributed by atoms with E-state index in [1.165, 1.54) is 12.1 Å². The quantitative estimate of drug-likeness (QED) is 0.898. The number of carbonyl (C=O) groups is 2. The molecule has 0 saturated heterocycles. The van der Waals surface area contributed by atoms with E-state index in [0.717, 1.165) is 18.9 Å². The van der Waals surface area contributed by atoms with E-state index in [-0.39, 0.29) is 17.0 Å². The molecular weight excluding hydrogens is 285 g/mol. The molecule has 20 heavy (non-hydrogen) atoms. The number of hydrogen-bond acceptors (Lipinski definition) is 2. The van der Waals surface area contributed by atoms with Crippen LogP contribution in [0.3, 0.4) is 0 Å². The molecule has 2 rings (SSSR count). The molecular formula is C14H15ClFNO3. The molecule has 2 N–H and O–H groups in total. The van der Waals surface area contributed by atoms with Gasteiger partial charge in [-0.25, -0.2) is 4.39 Å². The fraction of sp³-hybridized carbons (Fsp3) is 0.429. The number of benzene rings is 1. The zero-order chi connectivity index (χ0) is 14.8. The SMILES string of the molecule is O=C(O)CC1(NC(=O)c2cc(Cl)ccc2F)CCCC1. The first kappa shape index (κ1) is 14.8. The zero-order valence-electron chi connectivity index (χ0n) is 10.8. The number of nitrogens with one attached hydrogen (secondary N) is 1. The maximum absolute atomic E-state index is 13.6. The second-order valence-electron chi connectivity index (χ2n) is 5.14. The first-order valence-electron chi connectivity index (χ1n) is 6.41. The van der Waals surface area contributed by atoms with Crippen molar-refractivity contribution in [3.8, 4) is 0 Å². The lowest BCUT2D eigenvalue weighted by atomic mass is 9.92. The van der Waals surface area contributed by atoms with Gasteiger partial charge in [0.25, 0.3) is 5.91 Å². The van der Waals surface area contributed by atoms with Crippen LogP contribution in [0.2, 0.25) is 5.02 Å². The predicted octanol–water partition coefficient (Wildman–Crippen LogP) is 3.00. The average molecular weight is 300 g/mol. The summed E-state index contributed by atoms with van der Waals surface area (Å²) in [7, 11) is 0. The second kappa shape index (κ2) is 5.79. The van der Waals surface area contributed by atoms with Gasteiger partial charge in [0.15, 0.2) is 0 Å². The van der Waals surface area contributed by atoms with Crippen molar-refractivity contribution in [2.75, 3.05) is 0 Å². The van der Waals surface area contributed by atoms with Crippen molar-refractivity contribution in [3.05, 3.63) is 34.6 Å². The number of aliphatic carboxylic acids is 1. The van der Waals surface area contributed by atoms with Gasteiger partial charge in [0.2, 0.25) is 0 Å². The topological polar surface area (TPSA) is 66.4 Å². The van der Waals surface area contributed by atoms with E-state index >= 15 is 0 Å².